The van der Waals surface area contributed by atoms with Crippen molar-refractivity contribution < 1.29 is 13.6 Å². The molecule has 0 fully saturated rings. The van der Waals surface area contributed by atoms with Gasteiger partial charge in [-0.15, -0.1) is 0 Å². The standard InChI is InChI=1S/C20H17F2N3O/c1-2-25(15-7-4-3-5-8-15)20(26)14-11-12-18(23-13-14)24-19-16(21)9-6-10-17(19)22/h3-13H,2H2,1H3,(H,23,24). The number of carbonyl (C=O) groups excluding carboxylic acids is 1. The van der Waals surface area contributed by atoms with Gasteiger partial charge in [-0.05, 0) is 43.3 Å². The lowest BCUT2D eigenvalue weighted by atomic mass is 10.2. The topological polar surface area (TPSA) is 45.2 Å². The molecule has 0 saturated heterocycles. The van der Waals surface area contributed by atoms with E-state index < -0.39 is 11.6 Å². The molecule has 0 aliphatic rings. The number of pyridine rings is 1. The molecule has 1 aromatic heterocycles. The highest BCUT2D eigenvalue weighted by atomic mass is 19.1. The maximum Gasteiger partial charge on any atom is 0.259 e. The van der Waals surface area contributed by atoms with Crippen LogP contribution in [0.3, 0.4) is 0 Å². The first kappa shape index (κ1) is 17.5. The first-order valence-electron chi connectivity index (χ1n) is 8.14. The van der Waals surface area contributed by atoms with Gasteiger partial charge in [0.15, 0.2) is 0 Å². The molecule has 0 aliphatic heterocycles. The Kier molecular flexibility index (Phi) is 5.22. The summed E-state index contributed by atoms with van der Waals surface area (Å²) in [4.78, 5) is 18.4. The fourth-order valence-corrected chi connectivity index (χ4v) is 2.55. The molecular formula is C20H17F2N3O. The van der Waals surface area contributed by atoms with Crippen molar-refractivity contribution in [2.75, 3.05) is 16.8 Å². The second-order valence-electron chi connectivity index (χ2n) is 5.54. The van der Waals surface area contributed by atoms with Gasteiger partial charge in [-0.3, -0.25) is 4.79 Å². The van der Waals surface area contributed by atoms with Gasteiger partial charge in [0.2, 0.25) is 0 Å². The number of halogens is 2. The van der Waals surface area contributed by atoms with Crippen LogP contribution in [0.1, 0.15) is 17.3 Å². The number of anilines is 3. The molecule has 132 valence electrons. The number of nitrogens with zero attached hydrogens (tertiary/aromatic N) is 2. The van der Waals surface area contributed by atoms with Crippen LogP contribution in [0, 0.1) is 11.6 Å². The van der Waals surface area contributed by atoms with Crippen LogP contribution in [-0.4, -0.2) is 17.4 Å². The summed E-state index contributed by atoms with van der Waals surface area (Å²) in [5.41, 5.74) is 0.893. The number of aromatic nitrogens is 1. The van der Waals surface area contributed by atoms with Crippen LogP contribution < -0.4 is 10.2 Å². The molecule has 0 saturated carbocycles. The highest BCUT2D eigenvalue weighted by Gasteiger charge is 2.16. The molecule has 4 nitrogen and oxygen atoms in total. The zero-order chi connectivity index (χ0) is 18.5. The molecule has 0 atom stereocenters. The van der Waals surface area contributed by atoms with E-state index in [0.29, 0.717) is 12.1 Å². The molecule has 0 unspecified atom stereocenters. The lowest BCUT2D eigenvalue weighted by molar-refractivity contribution is 0.0988. The molecule has 0 aliphatic carbocycles. The average Bonchev–Trinajstić information content (AvgIpc) is 2.67. The molecule has 0 bridgehead atoms. The molecule has 6 heteroatoms. The van der Waals surface area contributed by atoms with E-state index in [1.165, 1.54) is 18.3 Å². The van der Waals surface area contributed by atoms with Crippen LogP contribution in [0.25, 0.3) is 0 Å². The third kappa shape index (κ3) is 3.69. The summed E-state index contributed by atoms with van der Waals surface area (Å²) in [5.74, 6) is -1.38. The Bertz CT molecular complexity index is 878. The van der Waals surface area contributed by atoms with Crippen molar-refractivity contribution in [2.45, 2.75) is 6.92 Å². The van der Waals surface area contributed by atoms with Crippen LogP contribution in [0.15, 0.2) is 66.9 Å². The highest BCUT2D eigenvalue weighted by Crippen LogP contribution is 2.22. The number of rotatable bonds is 5. The van der Waals surface area contributed by atoms with Gasteiger partial charge in [0, 0.05) is 18.4 Å². The number of benzene rings is 2. The van der Waals surface area contributed by atoms with Crippen molar-refractivity contribution in [3.05, 3.63) is 84.1 Å². The van der Waals surface area contributed by atoms with Crippen molar-refractivity contribution in [1.82, 2.24) is 4.98 Å². The molecule has 3 aromatic rings. The van der Waals surface area contributed by atoms with E-state index >= 15 is 0 Å². The molecule has 0 spiro atoms. The molecule has 2 aromatic carbocycles. The van der Waals surface area contributed by atoms with Crippen molar-refractivity contribution in [1.29, 1.82) is 0 Å². The zero-order valence-corrected chi connectivity index (χ0v) is 14.1. The first-order chi connectivity index (χ1) is 12.6. The first-order valence-corrected chi connectivity index (χ1v) is 8.14. The number of hydrogen-bond donors (Lipinski definition) is 1. The second-order valence-corrected chi connectivity index (χ2v) is 5.54. The Morgan fingerprint density at radius 2 is 1.69 bits per heavy atom. The number of amides is 1. The highest BCUT2D eigenvalue weighted by molar-refractivity contribution is 6.05. The summed E-state index contributed by atoms with van der Waals surface area (Å²) in [6.45, 7) is 2.39. The Morgan fingerprint density at radius 1 is 1.00 bits per heavy atom. The summed E-state index contributed by atoms with van der Waals surface area (Å²) < 4.78 is 27.4. The molecule has 0 radical (unpaired) electrons. The summed E-state index contributed by atoms with van der Waals surface area (Å²) in [6.07, 6.45) is 1.38. The summed E-state index contributed by atoms with van der Waals surface area (Å²) in [7, 11) is 0. The number of hydrogen-bond acceptors (Lipinski definition) is 3. The van der Waals surface area contributed by atoms with Gasteiger partial charge in [-0.2, -0.15) is 0 Å². The minimum atomic E-state index is -0.715. The Morgan fingerprint density at radius 3 is 2.27 bits per heavy atom. The average molecular weight is 353 g/mol. The van der Waals surface area contributed by atoms with Gasteiger partial charge >= 0.3 is 0 Å². The minimum Gasteiger partial charge on any atom is -0.335 e. The molecule has 1 amide bonds. The SMILES string of the molecule is CCN(C(=O)c1ccc(Nc2c(F)cccc2F)nc1)c1ccccc1. The second kappa shape index (κ2) is 7.74. The van der Waals surface area contributed by atoms with Crippen molar-refractivity contribution in [3.63, 3.8) is 0 Å². The van der Waals surface area contributed by atoms with Gasteiger partial charge in [-0.25, -0.2) is 13.8 Å². The van der Waals surface area contributed by atoms with Gasteiger partial charge in [0.25, 0.3) is 5.91 Å². The van der Waals surface area contributed by atoms with Crippen molar-refractivity contribution >= 4 is 23.1 Å². The zero-order valence-electron chi connectivity index (χ0n) is 14.1. The Balaban J connectivity index is 1.80. The summed E-state index contributed by atoms with van der Waals surface area (Å²) in [5, 5.41) is 2.60. The molecule has 3 rings (SSSR count). The minimum absolute atomic E-state index is 0.199. The maximum atomic E-state index is 13.7. The van der Waals surface area contributed by atoms with E-state index in [-0.39, 0.29) is 17.4 Å². The normalized spacial score (nSPS) is 10.4. The monoisotopic (exact) mass is 353 g/mol. The maximum absolute atomic E-state index is 13.7. The van der Waals surface area contributed by atoms with Crippen LogP contribution >= 0.6 is 0 Å². The molecule has 1 N–H and O–H groups in total. The lowest BCUT2D eigenvalue weighted by Gasteiger charge is -2.21. The van der Waals surface area contributed by atoms with Crippen LogP contribution in [0.4, 0.5) is 26.0 Å². The fraction of sp³-hybridized carbons (Fsp3) is 0.100. The van der Waals surface area contributed by atoms with Crippen LogP contribution in [0.5, 0.6) is 0 Å². The Hall–Kier alpha value is -3.28. The summed E-state index contributed by atoms with van der Waals surface area (Å²) in [6, 6.07) is 16.0. The van der Waals surface area contributed by atoms with E-state index in [1.807, 2.05) is 37.3 Å². The number of carbonyl (C=O) groups is 1. The summed E-state index contributed by atoms with van der Waals surface area (Å²) >= 11 is 0. The van der Waals surface area contributed by atoms with Gasteiger partial charge in [0.1, 0.15) is 23.1 Å². The fourth-order valence-electron chi connectivity index (χ4n) is 2.55. The van der Waals surface area contributed by atoms with E-state index in [2.05, 4.69) is 10.3 Å². The molecule has 1 heterocycles. The molecular weight excluding hydrogens is 336 g/mol. The largest absolute Gasteiger partial charge is 0.335 e. The predicted octanol–water partition coefficient (Wildman–Crippen LogP) is 4.77. The molecule has 26 heavy (non-hydrogen) atoms. The third-order valence-electron chi connectivity index (χ3n) is 3.86. The van der Waals surface area contributed by atoms with E-state index in [4.69, 9.17) is 0 Å². The van der Waals surface area contributed by atoms with E-state index in [9.17, 15) is 13.6 Å². The number of nitrogens with one attached hydrogen (secondary N) is 1. The number of para-hydroxylation sites is 2. The van der Waals surface area contributed by atoms with Crippen molar-refractivity contribution in [3.8, 4) is 0 Å². The van der Waals surface area contributed by atoms with E-state index in [1.54, 1.807) is 11.0 Å². The van der Waals surface area contributed by atoms with Crippen LogP contribution in [0.2, 0.25) is 0 Å². The quantitative estimate of drug-likeness (QED) is 0.719. The van der Waals surface area contributed by atoms with E-state index in [0.717, 1.165) is 17.8 Å². The van der Waals surface area contributed by atoms with Crippen molar-refractivity contribution in [2.24, 2.45) is 0 Å². The van der Waals surface area contributed by atoms with Crippen LogP contribution in [-0.2, 0) is 0 Å². The van der Waals surface area contributed by atoms with Gasteiger partial charge in [0.05, 0.1) is 5.56 Å². The van der Waals surface area contributed by atoms with Gasteiger partial charge in [-0.1, -0.05) is 24.3 Å². The third-order valence-corrected chi connectivity index (χ3v) is 3.86. The smallest absolute Gasteiger partial charge is 0.259 e. The Labute approximate surface area is 150 Å². The lowest BCUT2D eigenvalue weighted by Crippen LogP contribution is -2.30. The predicted molar refractivity (Wildman–Crippen MR) is 97.7 cm³/mol. The van der Waals surface area contributed by atoms with Gasteiger partial charge < -0.3 is 10.2 Å².